The summed E-state index contributed by atoms with van der Waals surface area (Å²) in [7, 11) is 0. The number of aromatic nitrogens is 1. The van der Waals surface area contributed by atoms with E-state index >= 15 is 0 Å². The molecule has 0 saturated heterocycles. The molecular weight excluding hydrogens is 233 g/mol. The lowest BCUT2D eigenvalue weighted by Gasteiger charge is -2.06. The van der Waals surface area contributed by atoms with Crippen LogP contribution in [0.1, 0.15) is 11.3 Å². The number of aliphatic carboxylic acids is 1. The molecule has 0 aliphatic heterocycles. The van der Waals surface area contributed by atoms with Gasteiger partial charge in [-0.25, -0.2) is 0 Å². The minimum atomic E-state index is -4.87. The van der Waals surface area contributed by atoms with E-state index in [1.165, 1.54) is 5.16 Å². The number of carboxylic acid groups (broad SMARTS) is 1. The van der Waals surface area contributed by atoms with Crippen LogP contribution in [0.5, 0.6) is 0 Å². The summed E-state index contributed by atoms with van der Waals surface area (Å²) in [6, 6.07) is -1.60. The highest BCUT2D eigenvalue weighted by Crippen LogP contribution is 2.30. The van der Waals surface area contributed by atoms with Gasteiger partial charge in [-0.05, 0) is 0 Å². The van der Waals surface area contributed by atoms with Crippen LogP contribution in [-0.4, -0.2) is 22.3 Å². The molecule has 0 aliphatic rings. The Balaban J connectivity index is 3.09. The topological polar surface area (TPSA) is 109 Å². The zero-order chi connectivity index (χ0) is 12.5. The number of hydrogen-bond donors (Lipinski definition) is 3. The fraction of sp³-hybridized carbons (Fsp3) is 0.429. The lowest BCUT2D eigenvalue weighted by Crippen LogP contribution is -2.34. The van der Waals surface area contributed by atoms with E-state index in [1.807, 2.05) is 0 Å². The van der Waals surface area contributed by atoms with E-state index in [0.717, 1.165) is 0 Å². The number of aromatic amines is 1. The SMILES string of the molecule is NC(Cc1c(C(F)(F)F)o[nH]c1=O)C(=O)O. The van der Waals surface area contributed by atoms with Crippen molar-refractivity contribution >= 4 is 5.97 Å². The molecule has 4 N–H and O–H groups in total. The van der Waals surface area contributed by atoms with Crippen molar-refractivity contribution in [3.63, 3.8) is 0 Å². The average molecular weight is 240 g/mol. The van der Waals surface area contributed by atoms with Crippen LogP contribution in [-0.2, 0) is 17.4 Å². The molecule has 16 heavy (non-hydrogen) atoms. The first-order chi connectivity index (χ1) is 7.23. The second-order valence-electron chi connectivity index (χ2n) is 2.99. The summed E-state index contributed by atoms with van der Waals surface area (Å²) >= 11 is 0. The first-order valence-electron chi connectivity index (χ1n) is 3.99. The van der Waals surface area contributed by atoms with Gasteiger partial charge in [-0.2, -0.15) is 18.3 Å². The van der Waals surface area contributed by atoms with E-state index in [1.54, 1.807) is 0 Å². The molecule has 1 unspecified atom stereocenters. The minimum absolute atomic E-state index is 0.754. The van der Waals surface area contributed by atoms with Crippen molar-refractivity contribution in [3.05, 3.63) is 21.7 Å². The number of hydrogen-bond acceptors (Lipinski definition) is 4. The molecule has 90 valence electrons. The highest BCUT2D eigenvalue weighted by molar-refractivity contribution is 5.73. The zero-order valence-electron chi connectivity index (χ0n) is 7.67. The molecule has 1 rings (SSSR count). The van der Waals surface area contributed by atoms with E-state index in [0.29, 0.717) is 0 Å². The molecular formula is C7H7F3N2O4. The summed E-state index contributed by atoms with van der Waals surface area (Å²) in [5.74, 6) is -3.05. The van der Waals surface area contributed by atoms with Crippen LogP contribution in [0.2, 0.25) is 0 Å². The quantitative estimate of drug-likeness (QED) is 0.685. The predicted octanol–water partition coefficient (Wildman–Crippen LogP) is -0.0589. The molecule has 0 fully saturated rings. The summed E-state index contributed by atoms with van der Waals surface area (Å²) in [6.07, 6.45) is -5.62. The van der Waals surface area contributed by atoms with Gasteiger partial charge >= 0.3 is 12.1 Å². The van der Waals surface area contributed by atoms with Gasteiger partial charge in [0.05, 0.1) is 5.56 Å². The van der Waals surface area contributed by atoms with Crippen molar-refractivity contribution in [2.24, 2.45) is 5.73 Å². The fourth-order valence-electron chi connectivity index (χ4n) is 1.05. The smallest absolute Gasteiger partial charge is 0.452 e. The predicted molar refractivity (Wildman–Crippen MR) is 43.6 cm³/mol. The number of alkyl halides is 3. The Kier molecular flexibility index (Phi) is 3.08. The van der Waals surface area contributed by atoms with Crippen LogP contribution < -0.4 is 11.3 Å². The second-order valence-corrected chi connectivity index (χ2v) is 2.99. The maximum atomic E-state index is 12.3. The van der Waals surface area contributed by atoms with E-state index in [9.17, 15) is 22.8 Å². The Bertz CT molecular complexity index is 447. The number of halogens is 3. The minimum Gasteiger partial charge on any atom is -0.480 e. The summed E-state index contributed by atoms with van der Waals surface area (Å²) in [6.45, 7) is 0. The van der Waals surface area contributed by atoms with Gasteiger partial charge in [-0.1, -0.05) is 0 Å². The third-order valence-corrected chi connectivity index (χ3v) is 1.79. The second kappa shape index (κ2) is 4.00. The van der Waals surface area contributed by atoms with Gasteiger partial charge in [0.25, 0.3) is 5.56 Å². The van der Waals surface area contributed by atoms with Gasteiger partial charge in [0.1, 0.15) is 6.04 Å². The first-order valence-corrected chi connectivity index (χ1v) is 3.99. The number of H-pyrrole nitrogens is 1. The molecule has 0 amide bonds. The van der Waals surface area contributed by atoms with Crippen molar-refractivity contribution in [3.8, 4) is 0 Å². The van der Waals surface area contributed by atoms with E-state index in [2.05, 4.69) is 4.52 Å². The van der Waals surface area contributed by atoms with E-state index in [-0.39, 0.29) is 0 Å². The maximum absolute atomic E-state index is 12.3. The van der Waals surface area contributed by atoms with Gasteiger partial charge in [-0.3, -0.25) is 9.59 Å². The molecule has 0 saturated carbocycles. The number of carbonyl (C=O) groups is 1. The molecule has 1 aromatic heterocycles. The summed E-state index contributed by atoms with van der Waals surface area (Å²) in [4.78, 5) is 21.3. The van der Waals surface area contributed by atoms with Crippen molar-refractivity contribution in [2.45, 2.75) is 18.6 Å². The lowest BCUT2D eigenvalue weighted by molar-refractivity contribution is -0.156. The molecule has 1 heterocycles. The van der Waals surface area contributed by atoms with Crippen LogP contribution in [0.4, 0.5) is 13.2 Å². The monoisotopic (exact) mass is 240 g/mol. The normalized spacial score (nSPS) is 13.8. The van der Waals surface area contributed by atoms with E-state index in [4.69, 9.17) is 10.8 Å². The van der Waals surface area contributed by atoms with Gasteiger partial charge < -0.3 is 15.4 Å². The fourth-order valence-corrected chi connectivity index (χ4v) is 1.05. The first kappa shape index (κ1) is 12.3. The molecule has 6 nitrogen and oxygen atoms in total. The third kappa shape index (κ3) is 2.42. The molecule has 1 aromatic rings. The molecule has 1 atom stereocenters. The lowest BCUT2D eigenvalue weighted by atomic mass is 10.1. The zero-order valence-corrected chi connectivity index (χ0v) is 7.67. The Morgan fingerprint density at radius 1 is 1.56 bits per heavy atom. The molecule has 0 aliphatic carbocycles. The Morgan fingerprint density at radius 2 is 2.12 bits per heavy atom. The van der Waals surface area contributed by atoms with Gasteiger partial charge in [0, 0.05) is 6.42 Å². The number of carboxylic acids is 1. The van der Waals surface area contributed by atoms with Crippen LogP contribution in [0.15, 0.2) is 9.32 Å². The Hall–Kier alpha value is -1.77. The molecule has 0 bridgehead atoms. The third-order valence-electron chi connectivity index (χ3n) is 1.79. The van der Waals surface area contributed by atoms with Gasteiger partial charge in [-0.15, -0.1) is 0 Å². The highest BCUT2D eigenvalue weighted by Gasteiger charge is 2.40. The highest BCUT2D eigenvalue weighted by atomic mass is 19.4. The number of nitrogens with two attached hydrogens (primary N) is 1. The van der Waals surface area contributed by atoms with Crippen LogP contribution in [0, 0.1) is 0 Å². The van der Waals surface area contributed by atoms with E-state index < -0.39 is 41.5 Å². The van der Waals surface area contributed by atoms with Crippen molar-refractivity contribution in [1.29, 1.82) is 0 Å². The van der Waals surface area contributed by atoms with Crippen LogP contribution >= 0.6 is 0 Å². The van der Waals surface area contributed by atoms with Crippen molar-refractivity contribution in [1.82, 2.24) is 5.16 Å². The van der Waals surface area contributed by atoms with Gasteiger partial charge in [0.15, 0.2) is 0 Å². The largest absolute Gasteiger partial charge is 0.480 e. The average Bonchev–Trinajstić information content (AvgIpc) is 2.47. The molecule has 0 aromatic carbocycles. The standard InChI is InChI=1S/C7H7F3N2O4/c8-7(9,10)4-2(5(13)12-16-4)1-3(11)6(14)15/h3H,1,11H2,(H,12,13)(H,14,15). The summed E-state index contributed by atoms with van der Waals surface area (Å²) in [5, 5.41) is 9.91. The van der Waals surface area contributed by atoms with Crippen LogP contribution in [0.3, 0.4) is 0 Å². The Morgan fingerprint density at radius 3 is 2.56 bits per heavy atom. The number of rotatable bonds is 3. The maximum Gasteiger partial charge on any atom is 0.452 e. The van der Waals surface area contributed by atoms with Crippen molar-refractivity contribution in [2.75, 3.05) is 0 Å². The molecule has 9 heteroatoms. The summed E-state index contributed by atoms with van der Waals surface area (Å²) < 4.78 is 40.7. The molecule has 0 radical (unpaired) electrons. The number of nitrogens with one attached hydrogen (secondary N) is 1. The Labute approximate surface area is 85.8 Å². The molecule has 0 spiro atoms. The van der Waals surface area contributed by atoms with Crippen LogP contribution in [0.25, 0.3) is 0 Å². The summed E-state index contributed by atoms with van der Waals surface area (Å²) in [5.41, 5.74) is 3.08. The van der Waals surface area contributed by atoms with Crippen molar-refractivity contribution < 1.29 is 27.6 Å². The van der Waals surface area contributed by atoms with Gasteiger partial charge in [0.2, 0.25) is 5.76 Å².